The van der Waals surface area contributed by atoms with Gasteiger partial charge in [-0.15, -0.1) is 0 Å². The van der Waals surface area contributed by atoms with Crippen LogP contribution in [0.3, 0.4) is 0 Å². The molecule has 21 heavy (non-hydrogen) atoms. The van der Waals surface area contributed by atoms with E-state index in [4.69, 9.17) is 10.2 Å². The summed E-state index contributed by atoms with van der Waals surface area (Å²) >= 11 is 0. The minimum atomic E-state index is -1.16. The number of imidazole rings is 1. The van der Waals surface area contributed by atoms with Gasteiger partial charge in [-0.25, -0.2) is 4.98 Å². The number of aromatic nitrogens is 2. The minimum Gasteiger partial charge on any atom is -0.480 e. The van der Waals surface area contributed by atoms with Crippen LogP contribution in [0.25, 0.3) is 0 Å². The summed E-state index contributed by atoms with van der Waals surface area (Å²) in [6, 6.07) is -1.88. The van der Waals surface area contributed by atoms with Crippen LogP contribution in [0, 0.1) is 0 Å². The van der Waals surface area contributed by atoms with Gasteiger partial charge in [-0.2, -0.15) is 0 Å². The second-order valence-corrected chi connectivity index (χ2v) is 4.64. The number of carboxylic acid groups (broad SMARTS) is 2. The smallest absolute Gasteiger partial charge is 0.323 e. The molecule has 9 nitrogen and oxygen atoms in total. The Morgan fingerprint density at radius 1 is 1.29 bits per heavy atom. The van der Waals surface area contributed by atoms with Gasteiger partial charge in [0.1, 0.15) is 12.1 Å². The fraction of sp³-hybridized carbons (Fsp3) is 0.583. The Labute approximate surface area is 121 Å². The number of aliphatic hydroxyl groups excluding tert-OH is 1. The van der Waals surface area contributed by atoms with Gasteiger partial charge in [-0.1, -0.05) is 0 Å². The highest BCUT2D eigenvalue weighted by Crippen LogP contribution is 1.98. The van der Waals surface area contributed by atoms with Crippen LogP contribution in [-0.4, -0.2) is 68.5 Å². The van der Waals surface area contributed by atoms with Gasteiger partial charge >= 0.3 is 11.9 Å². The Kier molecular flexibility index (Phi) is 6.79. The first-order chi connectivity index (χ1) is 9.91. The first-order valence-corrected chi connectivity index (χ1v) is 6.49. The maximum absolute atomic E-state index is 11.1. The summed E-state index contributed by atoms with van der Waals surface area (Å²) in [6.07, 6.45) is 2.22. The number of aliphatic carboxylic acids is 2. The Morgan fingerprint density at radius 3 is 2.43 bits per heavy atom. The van der Waals surface area contributed by atoms with Crippen LogP contribution in [0.2, 0.25) is 0 Å². The van der Waals surface area contributed by atoms with Crippen LogP contribution < -0.4 is 10.6 Å². The molecule has 118 valence electrons. The van der Waals surface area contributed by atoms with Crippen molar-refractivity contribution in [1.29, 1.82) is 0 Å². The molecular weight excluding hydrogens is 280 g/mol. The van der Waals surface area contributed by atoms with Gasteiger partial charge < -0.3 is 30.9 Å². The van der Waals surface area contributed by atoms with Crippen LogP contribution in [-0.2, 0) is 16.0 Å². The number of rotatable bonds is 10. The number of aliphatic hydroxyl groups is 1. The molecule has 0 aliphatic carbocycles. The monoisotopic (exact) mass is 300 g/mol. The molecule has 1 heterocycles. The van der Waals surface area contributed by atoms with Crippen molar-refractivity contribution in [3.8, 4) is 0 Å². The fourth-order valence-corrected chi connectivity index (χ4v) is 1.80. The van der Waals surface area contributed by atoms with E-state index in [-0.39, 0.29) is 19.5 Å². The molecule has 0 unspecified atom stereocenters. The van der Waals surface area contributed by atoms with Gasteiger partial charge in [0.15, 0.2) is 0 Å². The molecule has 0 amide bonds. The van der Waals surface area contributed by atoms with E-state index in [0.717, 1.165) is 0 Å². The van der Waals surface area contributed by atoms with Crippen molar-refractivity contribution in [3.63, 3.8) is 0 Å². The van der Waals surface area contributed by atoms with E-state index in [1.54, 1.807) is 6.20 Å². The summed E-state index contributed by atoms with van der Waals surface area (Å²) in [7, 11) is 0. The van der Waals surface area contributed by atoms with Gasteiger partial charge in [-0.05, 0) is 6.92 Å². The second kappa shape index (κ2) is 8.35. The lowest BCUT2D eigenvalue weighted by Crippen LogP contribution is -2.48. The lowest BCUT2D eigenvalue weighted by molar-refractivity contribution is -0.142. The lowest BCUT2D eigenvalue weighted by Gasteiger charge is -2.18. The zero-order valence-corrected chi connectivity index (χ0v) is 11.6. The molecule has 0 bridgehead atoms. The number of carbonyl (C=O) groups is 2. The third kappa shape index (κ3) is 5.90. The quantitative estimate of drug-likeness (QED) is 0.284. The number of hydrogen-bond acceptors (Lipinski definition) is 6. The maximum atomic E-state index is 11.1. The van der Waals surface area contributed by atoms with E-state index in [1.807, 2.05) is 0 Å². The summed E-state index contributed by atoms with van der Waals surface area (Å²) in [5, 5.41) is 32.7. The van der Waals surface area contributed by atoms with Crippen LogP contribution in [0.5, 0.6) is 0 Å². The van der Waals surface area contributed by atoms with Gasteiger partial charge in [-0.3, -0.25) is 9.59 Å². The number of H-pyrrole nitrogens is 1. The SMILES string of the molecule is C[C@@H](O)[C@H](NCCN[C@@H](Cc1cnc[nH]1)C(=O)O)C(=O)O. The molecule has 1 aromatic heterocycles. The first-order valence-electron chi connectivity index (χ1n) is 6.49. The molecule has 0 aliphatic rings. The standard InChI is InChI=1S/C12H20N4O5/c1-7(17)10(12(20)21)15-3-2-14-9(11(18)19)4-8-5-13-6-16-8/h5-7,9-10,14-15,17H,2-4H2,1H3,(H,13,16)(H,18,19)(H,20,21)/t7-,9+,10+/m1/s1. The average Bonchev–Trinajstić information content (AvgIpc) is 2.88. The molecule has 3 atom stereocenters. The molecule has 0 saturated heterocycles. The van der Waals surface area contributed by atoms with Crippen LogP contribution in [0.15, 0.2) is 12.5 Å². The highest BCUT2D eigenvalue weighted by Gasteiger charge is 2.22. The van der Waals surface area contributed by atoms with E-state index in [0.29, 0.717) is 5.69 Å². The van der Waals surface area contributed by atoms with Crippen LogP contribution in [0.1, 0.15) is 12.6 Å². The number of hydrogen-bond donors (Lipinski definition) is 6. The van der Waals surface area contributed by atoms with Crippen molar-refractivity contribution in [2.75, 3.05) is 13.1 Å². The average molecular weight is 300 g/mol. The minimum absolute atomic E-state index is 0.217. The highest BCUT2D eigenvalue weighted by molar-refractivity contribution is 5.74. The lowest BCUT2D eigenvalue weighted by atomic mass is 10.1. The molecule has 0 fully saturated rings. The molecule has 0 spiro atoms. The molecule has 0 aromatic carbocycles. The van der Waals surface area contributed by atoms with E-state index in [2.05, 4.69) is 20.6 Å². The summed E-state index contributed by atoms with van der Waals surface area (Å²) in [5.74, 6) is -2.16. The molecule has 9 heteroatoms. The number of nitrogens with zero attached hydrogens (tertiary/aromatic N) is 1. The summed E-state index contributed by atoms with van der Waals surface area (Å²) in [5.41, 5.74) is 0.690. The van der Waals surface area contributed by atoms with Crippen molar-refractivity contribution in [1.82, 2.24) is 20.6 Å². The van der Waals surface area contributed by atoms with Gasteiger partial charge in [0, 0.05) is 31.4 Å². The first kappa shape index (κ1) is 17.1. The fourth-order valence-electron chi connectivity index (χ4n) is 1.80. The molecular formula is C12H20N4O5. The topological polar surface area (TPSA) is 148 Å². The van der Waals surface area contributed by atoms with E-state index >= 15 is 0 Å². The van der Waals surface area contributed by atoms with Crippen molar-refractivity contribution >= 4 is 11.9 Å². The highest BCUT2D eigenvalue weighted by atomic mass is 16.4. The normalized spacial score (nSPS) is 15.3. The molecule has 0 radical (unpaired) electrons. The van der Waals surface area contributed by atoms with E-state index in [9.17, 15) is 14.7 Å². The number of nitrogens with one attached hydrogen (secondary N) is 3. The zero-order chi connectivity index (χ0) is 15.8. The van der Waals surface area contributed by atoms with E-state index in [1.165, 1.54) is 13.3 Å². The largest absolute Gasteiger partial charge is 0.480 e. The molecule has 0 saturated carbocycles. The molecule has 1 rings (SSSR count). The summed E-state index contributed by atoms with van der Waals surface area (Å²) < 4.78 is 0. The summed E-state index contributed by atoms with van der Waals surface area (Å²) in [6.45, 7) is 1.84. The Morgan fingerprint density at radius 2 is 1.95 bits per heavy atom. The zero-order valence-electron chi connectivity index (χ0n) is 11.6. The number of aromatic amines is 1. The third-order valence-electron chi connectivity index (χ3n) is 2.91. The predicted octanol–water partition coefficient (Wildman–Crippen LogP) is -1.58. The number of carboxylic acids is 2. The van der Waals surface area contributed by atoms with Crippen molar-refractivity contribution < 1.29 is 24.9 Å². The predicted molar refractivity (Wildman–Crippen MR) is 72.8 cm³/mol. The Hall–Kier alpha value is -1.97. The van der Waals surface area contributed by atoms with Crippen LogP contribution >= 0.6 is 0 Å². The van der Waals surface area contributed by atoms with Gasteiger partial charge in [0.25, 0.3) is 0 Å². The van der Waals surface area contributed by atoms with Gasteiger partial charge in [0.05, 0.1) is 12.4 Å². The molecule has 1 aromatic rings. The third-order valence-corrected chi connectivity index (χ3v) is 2.91. The Bertz CT molecular complexity index is 449. The second-order valence-electron chi connectivity index (χ2n) is 4.64. The summed E-state index contributed by atoms with van der Waals surface area (Å²) in [4.78, 5) is 28.6. The molecule has 6 N–H and O–H groups in total. The van der Waals surface area contributed by atoms with Crippen molar-refractivity contribution in [2.45, 2.75) is 31.5 Å². The maximum Gasteiger partial charge on any atom is 0.323 e. The van der Waals surface area contributed by atoms with Gasteiger partial charge in [0.2, 0.25) is 0 Å². The van der Waals surface area contributed by atoms with Crippen LogP contribution in [0.4, 0.5) is 0 Å². The molecule has 0 aliphatic heterocycles. The van der Waals surface area contributed by atoms with Crippen molar-refractivity contribution in [3.05, 3.63) is 18.2 Å². The van der Waals surface area contributed by atoms with Crippen molar-refractivity contribution in [2.24, 2.45) is 0 Å². The Balaban J connectivity index is 2.37. The van der Waals surface area contributed by atoms with E-state index < -0.39 is 30.1 Å².